The lowest BCUT2D eigenvalue weighted by atomic mass is 10.1. The second-order valence-corrected chi connectivity index (χ2v) is 5.86. The zero-order chi connectivity index (χ0) is 13.3. The molecule has 4 atom stereocenters. The van der Waals surface area contributed by atoms with E-state index in [1.165, 1.54) is 0 Å². The van der Waals surface area contributed by atoms with Crippen LogP contribution in [0, 0.1) is 11.8 Å². The SMILES string of the molecule is CC(C)[C@H]1COC(C(=O)C2N[C@@H](C(C)C)CO2)N1. The summed E-state index contributed by atoms with van der Waals surface area (Å²) in [5.74, 6) is 0.883. The summed E-state index contributed by atoms with van der Waals surface area (Å²) in [6, 6.07) is 0.502. The predicted octanol–water partition coefficient (Wildman–Crippen LogP) is 0.497. The minimum atomic E-state index is -0.527. The molecule has 5 heteroatoms. The molecular formula is C13H24N2O3. The summed E-state index contributed by atoms with van der Waals surface area (Å²) in [4.78, 5) is 12.2. The number of ether oxygens (including phenoxy) is 2. The molecular weight excluding hydrogens is 232 g/mol. The van der Waals surface area contributed by atoms with Crippen molar-refractivity contribution in [1.82, 2.24) is 10.6 Å². The maximum absolute atomic E-state index is 12.2. The molecule has 0 radical (unpaired) electrons. The van der Waals surface area contributed by atoms with Crippen molar-refractivity contribution < 1.29 is 14.3 Å². The van der Waals surface area contributed by atoms with Gasteiger partial charge in [0, 0.05) is 12.1 Å². The van der Waals surface area contributed by atoms with Crippen LogP contribution in [-0.4, -0.2) is 43.5 Å². The lowest BCUT2D eigenvalue weighted by Crippen LogP contribution is -2.48. The molecule has 104 valence electrons. The van der Waals surface area contributed by atoms with Gasteiger partial charge in [-0.25, -0.2) is 0 Å². The van der Waals surface area contributed by atoms with Crippen LogP contribution in [0.5, 0.6) is 0 Å². The Morgan fingerprint density at radius 1 is 0.944 bits per heavy atom. The molecule has 0 aromatic rings. The lowest BCUT2D eigenvalue weighted by Gasteiger charge is -2.18. The summed E-state index contributed by atoms with van der Waals surface area (Å²) in [7, 11) is 0. The van der Waals surface area contributed by atoms with E-state index < -0.39 is 12.5 Å². The van der Waals surface area contributed by atoms with Gasteiger partial charge in [-0.15, -0.1) is 0 Å². The molecule has 2 N–H and O–H groups in total. The topological polar surface area (TPSA) is 59.6 Å². The molecule has 0 aliphatic carbocycles. The Labute approximate surface area is 109 Å². The molecule has 2 saturated heterocycles. The molecule has 0 spiro atoms. The molecule has 2 fully saturated rings. The Kier molecular flexibility index (Phi) is 4.37. The highest BCUT2D eigenvalue weighted by molar-refractivity contribution is 5.87. The monoisotopic (exact) mass is 256 g/mol. The Morgan fingerprint density at radius 2 is 1.33 bits per heavy atom. The summed E-state index contributed by atoms with van der Waals surface area (Å²) >= 11 is 0. The Morgan fingerprint density at radius 3 is 1.61 bits per heavy atom. The quantitative estimate of drug-likeness (QED) is 0.767. The van der Waals surface area contributed by atoms with Gasteiger partial charge in [0.1, 0.15) is 0 Å². The number of rotatable bonds is 4. The third-order valence-electron chi connectivity index (χ3n) is 3.74. The summed E-state index contributed by atoms with van der Waals surface area (Å²) < 4.78 is 11.0. The first-order chi connectivity index (χ1) is 8.49. The molecule has 0 bridgehead atoms. The molecule has 0 aromatic carbocycles. The second kappa shape index (κ2) is 5.65. The van der Waals surface area contributed by atoms with E-state index in [-0.39, 0.29) is 17.9 Å². The minimum Gasteiger partial charge on any atom is -0.354 e. The summed E-state index contributed by atoms with van der Waals surface area (Å²) in [6.07, 6.45) is -1.05. The van der Waals surface area contributed by atoms with Gasteiger partial charge in [0.15, 0.2) is 12.5 Å². The Balaban J connectivity index is 1.86. The van der Waals surface area contributed by atoms with E-state index in [4.69, 9.17) is 9.47 Å². The Hall–Kier alpha value is -0.490. The number of carbonyl (C=O) groups is 1. The van der Waals surface area contributed by atoms with Crippen LogP contribution in [0.2, 0.25) is 0 Å². The first-order valence-corrected chi connectivity index (χ1v) is 6.78. The van der Waals surface area contributed by atoms with E-state index >= 15 is 0 Å². The maximum Gasteiger partial charge on any atom is 0.219 e. The molecule has 2 rings (SSSR count). The van der Waals surface area contributed by atoms with Crippen LogP contribution in [0.25, 0.3) is 0 Å². The van der Waals surface area contributed by atoms with Crippen molar-refractivity contribution in [2.75, 3.05) is 13.2 Å². The molecule has 2 heterocycles. The number of ketones is 1. The molecule has 2 aliphatic heterocycles. The molecule has 0 amide bonds. The van der Waals surface area contributed by atoms with Crippen molar-refractivity contribution in [3.05, 3.63) is 0 Å². The van der Waals surface area contributed by atoms with Crippen LogP contribution >= 0.6 is 0 Å². The summed E-state index contributed by atoms with van der Waals surface area (Å²) in [5, 5.41) is 6.44. The highest BCUT2D eigenvalue weighted by atomic mass is 16.5. The molecule has 5 nitrogen and oxygen atoms in total. The van der Waals surface area contributed by atoms with Crippen LogP contribution in [-0.2, 0) is 14.3 Å². The zero-order valence-electron chi connectivity index (χ0n) is 11.6. The van der Waals surface area contributed by atoms with E-state index in [0.717, 1.165) is 0 Å². The zero-order valence-corrected chi connectivity index (χ0v) is 11.6. The molecule has 18 heavy (non-hydrogen) atoms. The fraction of sp³-hybridized carbons (Fsp3) is 0.923. The standard InChI is InChI=1S/C13H24N2O3/c1-7(2)9-5-17-12(14-9)11(16)13-15-10(6-18-13)8(3)4/h7-10,12-15H,5-6H2,1-4H3/t9-,10-,12?,13?/m1/s1. The first kappa shape index (κ1) is 13.9. The van der Waals surface area contributed by atoms with Gasteiger partial charge in [-0.05, 0) is 11.8 Å². The largest absolute Gasteiger partial charge is 0.354 e. The van der Waals surface area contributed by atoms with Crippen LogP contribution in [0.15, 0.2) is 0 Å². The van der Waals surface area contributed by atoms with Crippen molar-refractivity contribution >= 4 is 5.78 Å². The molecule has 2 unspecified atom stereocenters. The van der Waals surface area contributed by atoms with Gasteiger partial charge in [-0.3, -0.25) is 15.4 Å². The highest BCUT2D eigenvalue weighted by Crippen LogP contribution is 2.17. The van der Waals surface area contributed by atoms with Crippen molar-refractivity contribution in [2.24, 2.45) is 11.8 Å². The number of hydrogen-bond donors (Lipinski definition) is 2. The van der Waals surface area contributed by atoms with Gasteiger partial charge in [0.05, 0.1) is 13.2 Å². The third-order valence-corrected chi connectivity index (χ3v) is 3.74. The van der Waals surface area contributed by atoms with Crippen molar-refractivity contribution in [1.29, 1.82) is 0 Å². The first-order valence-electron chi connectivity index (χ1n) is 6.78. The third kappa shape index (κ3) is 2.91. The fourth-order valence-electron chi connectivity index (χ4n) is 2.22. The maximum atomic E-state index is 12.2. The van der Waals surface area contributed by atoms with Gasteiger partial charge in [0.2, 0.25) is 5.78 Å². The van der Waals surface area contributed by atoms with E-state index in [1.807, 2.05) is 0 Å². The number of carbonyl (C=O) groups excluding carboxylic acids is 1. The summed E-state index contributed by atoms with van der Waals surface area (Å²) in [6.45, 7) is 9.66. The second-order valence-electron chi connectivity index (χ2n) is 5.86. The minimum absolute atomic E-state index is 0.0405. The van der Waals surface area contributed by atoms with E-state index in [9.17, 15) is 4.79 Å². The van der Waals surface area contributed by atoms with E-state index in [1.54, 1.807) is 0 Å². The van der Waals surface area contributed by atoms with E-state index in [2.05, 4.69) is 38.3 Å². The molecule has 0 saturated carbocycles. The average molecular weight is 256 g/mol. The van der Waals surface area contributed by atoms with Crippen molar-refractivity contribution in [2.45, 2.75) is 52.2 Å². The highest BCUT2D eigenvalue weighted by Gasteiger charge is 2.39. The molecule has 0 aromatic heterocycles. The molecule has 2 aliphatic rings. The van der Waals surface area contributed by atoms with Crippen molar-refractivity contribution in [3.63, 3.8) is 0 Å². The average Bonchev–Trinajstić information content (AvgIpc) is 2.97. The van der Waals surface area contributed by atoms with Crippen LogP contribution in [0.4, 0.5) is 0 Å². The van der Waals surface area contributed by atoms with Gasteiger partial charge >= 0.3 is 0 Å². The van der Waals surface area contributed by atoms with Gasteiger partial charge < -0.3 is 9.47 Å². The van der Waals surface area contributed by atoms with Crippen LogP contribution in [0.1, 0.15) is 27.7 Å². The van der Waals surface area contributed by atoms with Gasteiger partial charge in [0.25, 0.3) is 0 Å². The predicted molar refractivity (Wildman–Crippen MR) is 68.0 cm³/mol. The van der Waals surface area contributed by atoms with Gasteiger partial charge in [-0.2, -0.15) is 0 Å². The Bertz CT molecular complexity index is 279. The number of nitrogens with one attached hydrogen (secondary N) is 2. The van der Waals surface area contributed by atoms with E-state index in [0.29, 0.717) is 25.0 Å². The van der Waals surface area contributed by atoms with Crippen molar-refractivity contribution in [3.8, 4) is 0 Å². The number of Topliss-reactive ketones (excluding diaryl/α,β-unsaturated/α-hetero) is 1. The fourth-order valence-corrected chi connectivity index (χ4v) is 2.22. The normalized spacial score (nSPS) is 36.8. The lowest BCUT2D eigenvalue weighted by molar-refractivity contribution is -0.139. The van der Waals surface area contributed by atoms with Crippen LogP contribution < -0.4 is 10.6 Å². The summed E-state index contributed by atoms with van der Waals surface area (Å²) in [5.41, 5.74) is 0. The number of hydrogen-bond acceptors (Lipinski definition) is 5. The smallest absolute Gasteiger partial charge is 0.219 e. The van der Waals surface area contributed by atoms with Crippen LogP contribution in [0.3, 0.4) is 0 Å². The van der Waals surface area contributed by atoms with Gasteiger partial charge in [-0.1, -0.05) is 27.7 Å².